The van der Waals surface area contributed by atoms with Gasteiger partial charge in [-0.1, -0.05) is 19.1 Å². The molecular formula is C11H20N4O2. The van der Waals surface area contributed by atoms with E-state index in [4.69, 9.17) is 5.11 Å². The van der Waals surface area contributed by atoms with Gasteiger partial charge in [0, 0.05) is 19.3 Å². The van der Waals surface area contributed by atoms with Crippen LogP contribution in [-0.2, 0) is 17.8 Å². The smallest absolute Gasteiger partial charge is 0.241 e. The summed E-state index contributed by atoms with van der Waals surface area (Å²) in [4.78, 5) is 11.5. The Morgan fingerprint density at radius 3 is 3.00 bits per heavy atom. The van der Waals surface area contributed by atoms with Gasteiger partial charge < -0.3 is 10.4 Å². The lowest BCUT2D eigenvalue weighted by Gasteiger charge is -2.06. The van der Waals surface area contributed by atoms with E-state index in [2.05, 4.69) is 15.6 Å². The summed E-state index contributed by atoms with van der Waals surface area (Å²) in [6.45, 7) is 5.09. The molecule has 1 aromatic heterocycles. The number of aliphatic hydroxyl groups is 1. The Morgan fingerprint density at radius 1 is 1.59 bits per heavy atom. The van der Waals surface area contributed by atoms with Crippen molar-refractivity contribution in [3.05, 3.63) is 11.9 Å². The van der Waals surface area contributed by atoms with Crippen LogP contribution < -0.4 is 5.32 Å². The Labute approximate surface area is 101 Å². The molecule has 96 valence electrons. The lowest BCUT2D eigenvalue weighted by molar-refractivity contribution is -0.122. The van der Waals surface area contributed by atoms with Gasteiger partial charge in [-0.2, -0.15) is 0 Å². The predicted molar refractivity (Wildman–Crippen MR) is 63.3 cm³/mol. The number of aliphatic hydroxyl groups excluding tert-OH is 1. The van der Waals surface area contributed by atoms with Gasteiger partial charge >= 0.3 is 0 Å². The second kappa shape index (κ2) is 7.01. The summed E-state index contributed by atoms with van der Waals surface area (Å²) in [6.07, 6.45) is 3.09. The molecule has 1 aromatic rings. The van der Waals surface area contributed by atoms with Gasteiger partial charge in [-0.3, -0.25) is 4.79 Å². The van der Waals surface area contributed by atoms with E-state index in [1.807, 2.05) is 13.8 Å². The van der Waals surface area contributed by atoms with E-state index in [0.29, 0.717) is 25.3 Å². The van der Waals surface area contributed by atoms with Gasteiger partial charge in [0.05, 0.1) is 5.69 Å². The minimum absolute atomic E-state index is 0.0580. The molecule has 17 heavy (non-hydrogen) atoms. The molecule has 1 amide bonds. The van der Waals surface area contributed by atoms with E-state index in [-0.39, 0.29) is 19.1 Å². The van der Waals surface area contributed by atoms with Gasteiger partial charge in [0.15, 0.2) is 0 Å². The van der Waals surface area contributed by atoms with E-state index in [9.17, 15) is 4.79 Å². The number of hydrogen-bond acceptors (Lipinski definition) is 4. The number of aryl methyl sites for hydroxylation is 1. The van der Waals surface area contributed by atoms with Crippen LogP contribution in [0.15, 0.2) is 6.20 Å². The lowest BCUT2D eigenvalue weighted by atomic mass is 10.2. The number of rotatable bonds is 7. The molecule has 0 unspecified atom stereocenters. The molecule has 1 heterocycles. The minimum atomic E-state index is -0.0580. The average Bonchev–Trinajstić information content (AvgIpc) is 2.71. The van der Waals surface area contributed by atoms with E-state index >= 15 is 0 Å². The summed E-state index contributed by atoms with van der Waals surface area (Å²) in [5.74, 6) is 0.382. The van der Waals surface area contributed by atoms with Crippen LogP contribution in [0.3, 0.4) is 0 Å². The van der Waals surface area contributed by atoms with Crippen molar-refractivity contribution in [3.8, 4) is 0 Å². The molecule has 0 aromatic carbocycles. The van der Waals surface area contributed by atoms with Crippen LogP contribution in [0.25, 0.3) is 0 Å². The molecule has 0 aliphatic rings. The molecule has 6 nitrogen and oxygen atoms in total. The molecule has 0 bridgehead atoms. The summed E-state index contributed by atoms with van der Waals surface area (Å²) >= 11 is 0. The lowest BCUT2D eigenvalue weighted by Crippen LogP contribution is -2.30. The molecule has 0 saturated heterocycles. The number of nitrogens with one attached hydrogen (secondary N) is 1. The quantitative estimate of drug-likeness (QED) is 0.701. The molecule has 6 heteroatoms. The van der Waals surface area contributed by atoms with Crippen LogP contribution in [0.4, 0.5) is 0 Å². The van der Waals surface area contributed by atoms with Gasteiger partial charge in [0.1, 0.15) is 6.54 Å². The summed E-state index contributed by atoms with van der Waals surface area (Å²) in [5.41, 5.74) is 0.802. The molecule has 0 spiro atoms. The van der Waals surface area contributed by atoms with Crippen LogP contribution in [0, 0.1) is 5.92 Å². The zero-order valence-electron chi connectivity index (χ0n) is 10.4. The molecule has 0 radical (unpaired) electrons. The number of carbonyl (C=O) groups is 1. The molecule has 0 aliphatic heterocycles. The minimum Gasteiger partial charge on any atom is -0.396 e. The first-order valence-electron chi connectivity index (χ1n) is 5.88. The van der Waals surface area contributed by atoms with Gasteiger partial charge in [-0.15, -0.1) is 5.10 Å². The van der Waals surface area contributed by atoms with Crippen molar-refractivity contribution in [1.82, 2.24) is 20.3 Å². The predicted octanol–water partition coefficient (Wildman–Crippen LogP) is -0.0248. The highest BCUT2D eigenvalue weighted by atomic mass is 16.2. The zero-order valence-corrected chi connectivity index (χ0v) is 10.4. The largest absolute Gasteiger partial charge is 0.396 e. The monoisotopic (exact) mass is 240 g/mol. The van der Waals surface area contributed by atoms with Crippen molar-refractivity contribution in [2.75, 3.05) is 13.2 Å². The molecule has 1 rings (SSSR count). The fourth-order valence-electron chi connectivity index (χ4n) is 1.31. The highest BCUT2D eigenvalue weighted by Gasteiger charge is 2.06. The second-order valence-electron chi connectivity index (χ2n) is 4.43. The van der Waals surface area contributed by atoms with Crippen LogP contribution in [0.2, 0.25) is 0 Å². The van der Waals surface area contributed by atoms with Crippen LogP contribution in [0.1, 0.15) is 26.0 Å². The van der Waals surface area contributed by atoms with Crippen LogP contribution in [-0.4, -0.2) is 39.2 Å². The maximum atomic E-state index is 11.5. The second-order valence-corrected chi connectivity index (χ2v) is 4.43. The molecule has 0 aliphatic carbocycles. The first-order valence-corrected chi connectivity index (χ1v) is 5.88. The molecular weight excluding hydrogens is 220 g/mol. The third-order valence-corrected chi connectivity index (χ3v) is 2.19. The SMILES string of the molecule is CC(C)CNC(=O)Cn1cc(CCCO)nn1. The Bertz CT molecular complexity index is 349. The van der Waals surface area contributed by atoms with E-state index in [1.165, 1.54) is 4.68 Å². The molecule has 2 N–H and O–H groups in total. The third kappa shape index (κ3) is 5.44. The van der Waals surface area contributed by atoms with Crippen molar-refractivity contribution in [1.29, 1.82) is 0 Å². The van der Waals surface area contributed by atoms with Gasteiger partial charge in [-0.05, 0) is 18.8 Å². The Morgan fingerprint density at radius 2 is 2.35 bits per heavy atom. The summed E-state index contributed by atoms with van der Waals surface area (Å²) in [7, 11) is 0. The first kappa shape index (κ1) is 13.6. The van der Waals surface area contributed by atoms with Crippen molar-refractivity contribution in [3.63, 3.8) is 0 Å². The van der Waals surface area contributed by atoms with Crippen molar-refractivity contribution in [2.24, 2.45) is 5.92 Å². The third-order valence-electron chi connectivity index (χ3n) is 2.19. The zero-order chi connectivity index (χ0) is 12.7. The molecule has 0 fully saturated rings. The number of carbonyl (C=O) groups excluding carboxylic acids is 1. The number of hydrogen-bond donors (Lipinski definition) is 2. The van der Waals surface area contributed by atoms with Crippen molar-refractivity contribution < 1.29 is 9.90 Å². The van der Waals surface area contributed by atoms with Crippen LogP contribution >= 0.6 is 0 Å². The topological polar surface area (TPSA) is 80.0 Å². The Kier molecular flexibility index (Phi) is 5.62. The summed E-state index contributed by atoms with van der Waals surface area (Å²) < 4.78 is 1.52. The van der Waals surface area contributed by atoms with Crippen molar-refractivity contribution in [2.45, 2.75) is 33.2 Å². The molecule has 0 atom stereocenters. The van der Waals surface area contributed by atoms with E-state index < -0.39 is 0 Å². The van der Waals surface area contributed by atoms with Crippen LogP contribution in [0.5, 0.6) is 0 Å². The Balaban J connectivity index is 2.35. The van der Waals surface area contributed by atoms with E-state index in [1.54, 1.807) is 6.20 Å². The number of amides is 1. The van der Waals surface area contributed by atoms with Gasteiger partial charge in [0.25, 0.3) is 0 Å². The van der Waals surface area contributed by atoms with Gasteiger partial charge in [0.2, 0.25) is 5.91 Å². The fraction of sp³-hybridized carbons (Fsp3) is 0.727. The molecule has 0 saturated carbocycles. The average molecular weight is 240 g/mol. The number of nitrogens with zero attached hydrogens (tertiary/aromatic N) is 3. The standard InChI is InChI=1S/C11H20N4O2/c1-9(2)6-12-11(17)8-15-7-10(13-14-15)4-3-5-16/h7,9,16H,3-6,8H2,1-2H3,(H,12,17). The van der Waals surface area contributed by atoms with Gasteiger partial charge in [-0.25, -0.2) is 4.68 Å². The highest BCUT2D eigenvalue weighted by molar-refractivity contribution is 5.75. The summed E-state index contributed by atoms with van der Waals surface area (Å²) in [5, 5.41) is 19.3. The first-order chi connectivity index (χ1) is 8.11. The summed E-state index contributed by atoms with van der Waals surface area (Å²) in [6, 6.07) is 0. The normalized spacial score (nSPS) is 10.8. The number of aromatic nitrogens is 3. The van der Waals surface area contributed by atoms with Crippen molar-refractivity contribution >= 4 is 5.91 Å². The maximum Gasteiger partial charge on any atom is 0.241 e. The Hall–Kier alpha value is -1.43. The fourth-order valence-corrected chi connectivity index (χ4v) is 1.31. The van der Waals surface area contributed by atoms with E-state index in [0.717, 1.165) is 5.69 Å². The highest BCUT2D eigenvalue weighted by Crippen LogP contribution is 1.97. The maximum absolute atomic E-state index is 11.5.